The van der Waals surface area contributed by atoms with Gasteiger partial charge in [-0.3, -0.25) is 4.55 Å². The van der Waals surface area contributed by atoms with Gasteiger partial charge in [-0.05, 0) is 19.4 Å². The predicted molar refractivity (Wildman–Crippen MR) is 40.7 cm³/mol. The molecule has 1 atom stereocenters. The molecule has 0 aromatic carbocycles. The Hall–Kier alpha value is -0.170. The van der Waals surface area contributed by atoms with Crippen LogP contribution < -0.4 is 5.73 Å². The van der Waals surface area contributed by atoms with Gasteiger partial charge in [-0.1, -0.05) is 0 Å². The van der Waals surface area contributed by atoms with Crippen molar-refractivity contribution in [2.75, 3.05) is 13.2 Å². The lowest BCUT2D eigenvalue weighted by Crippen LogP contribution is -2.24. The molecular weight excluding hydrogens is 170 g/mol. The van der Waals surface area contributed by atoms with E-state index in [0.29, 0.717) is 0 Å². The van der Waals surface area contributed by atoms with Crippen molar-refractivity contribution in [3.8, 4) is 0 Å². The lowest BCUT2D eigenvalue weighted by molar-refractivity contribution is 0.281. The Morgan fingerprint density at radius 1 is 1.36 bits per heavy atom. The van der Waals surface area contributed by atoms with Crippen molar-refractivity contribution in [1.29, 1.82) is 0 Å². The zero-order valence-electron chi connectivity index (χ0n) is 6.10. The van der Waals surface area contributed by atoms with Gasteiger partial charge in [0.15, 0.2) is 0 Å². The predicted octanol–water partition coefficient (Wildman–Crippen LogP) is -1.03. The first-order chi connectivity index (χ1) is 5.02. The van der Waals surface area contributed by atoms with E-state index >= 15 is 0 Å². The Morgan fingerprint density at radius 3 is 2.18 bits per heavy atom. The zero-order chi connectivity index (χ0) is 8.91. The van der Waals surface area contributed by atoms with Crippen molar-refractivity contribution >= 4 is 10.1 Å². The summed E-state index contributed by atoms with van der Waals surface area (Å²) in [6, 6.07) is 0. The van der Waals surface area contributed by atoms with Crippen LogP contribution in [0.15, 0.2) is 0 Å². The van der Waals surface area contributed by atoms with Crippen LogP contribution in [0.5, 0.6) is 0 Å². The van der Waals surface area contributed by atoms with Crippen LogP contribution in [0.3, 0.4) is 0 Å². The molecule has 68 valence electrons. The van der Waals surface area contributed by atoms with Crippen LogP contribution in [0.25, 0.3) is 0 Å². The Morgan fingerprint density at radius 2 is 1.91 bits per heavy atom. The quantitative estimate of drug-likeness (QED) is 0.473. The minimum atomic E-state index is -4.03. The third-order valence-corrected chi connectivity index (χ3v) is 2.67. The summed E-state index contributed by atoms with van der Waals surface area (Å²) in [4.78, 5) is 0. The van der Waals surface area contributed by atoms with Crippen LogP contribution in [0.4, 0.5) is 0 Å². The molecule has 6 heteroatoms. The molecule has 4 N–H and O–H groups in total. The summed E-state index contributed by atoms with van der Waals surface area (Å²) in [5.41, 5.74) is 5.10. The molecule has 0 aromatic rings. The molecule has 0 fully saturated rings. The summed E-state index contributed by atoms with van der Waals surface area (Å²) in [6.07, 6.45) is 0.218. The molecule has 0 radical (unpaired) electrons. The van der Waals surface area contributed by atoms with Crippen molar-refractivity contribution in [1.82, 2.24) is 0 Å². The van der Waals surface area contributed by atoms with E-state index in [-0.39, 0.29) is 26.0 Å². The summed E-state index contributed by atoms with van der Waals surface area (Å²) in [7, 11) is -4.03. The monoisotopic (exact) mass is 183 g/mol. The minimum absolute atomic E-state index is 0.0377. The molecule has 11 heavy (non-hydrogen) atoms. The van der Waals surface area contributed by atoms with Gasteiger partial charge in [0.1, 0.15) is 0 Å². The van der Waals surface area contributed by atoms with Gasteiger partial charge in [0.05, 0.1) is 5.25 Å². The molecule has 0 saturated heterocycles. The highest BCUT2D eigenvalue weighted by atomic mass is 32.2. The third kappa shape index (κ3) is 4.31. The molecular formula is C5H13NO4S. The van der Waals surface area contributed by atoms with E-state index < -0.39 is 15.4 Å². The van der Waals surface area contributed by atoms with Crippen molar-refractivity contribution in [3.63, 3.8) is 0 Å². The van der Waals surface area contributed by atoms with E-state index in [9.17, 15) is 8.42 Å². The second-order valence-electron chi connectivity index (χ2n) is 2.23. The molecule has 0 aromatic heterocycles. The van der Waals surface area contributed by atoms with Gasteiger partial charge in [0, 0.05) is 6.61 Å². The molecule has 0 aliphatic heterocycles. The van der Waals surface area contributed by atoms with E-state index in [1.807, 2.05) is 0 Å². The largest absolute Gasteiger partial charge is 0.396 e. The topological polar surface area (TPSA) is 101 Å². The molecule has 0 rings (SSSR count). The van der Waals surface area contributed by atoms with Crippen LogP contribution in [0.1, 0.15) is 12.8 Å². The molecule has 1 unspecified atom stereocenters. The molecule has 5 nitrogen and oxygen atoms in total. The van der Waals surface area contributed by atoms with E-state index in [4.69, 9.17) is 15.4 Å². The smallest absolute Gasteiger partial charge is 0.267 e. The Bertz CT molecular complexity index is 183. The van der Waals surface area contributed by atoms with E-state index in [1.165, 1.54) is 0 Å². The highest BCUT2D eigenvalue weighted by molar-refractivity contribution is 7.86. The van der Waals surface area contributed by atoms with Gasteiger partial charge in [-0.25, -0.2) is 0 Å². The number of hydrogen-bond donors (Lipinski definition) is 3. The van der Waals surface area contributed by atoms with E-state index in [2.05, 4.69) is 0 Å². The highest BCUT2D eigenvalue weighted by Gasteiger charge is 2.20. The Labute approximate surface area is 66.0 Å². The van der Waals surface area contributed by atoms with E-state index in [0.717, 1.165) is 0 Å². The summed E-state index contributed by atoms with van der Waals surface area (Å²) in [5.74, 6) is 0. The SMILES string of the molecule is NCCC(CCO)S(=O)(=O)O. The average molecular weight is 183 g/mol. The molecule has 0 bridgehead atoms. The lowest BCUT2D eigenvalue weighted by Gasteiger charge is -2.09. The van der Waals surface area contributed by atoms with Gasteiger partial charge in [-0.2, -0.15) is 8.42 Å². The van der Waals surface area contributed by atoms with Gasteiger partial charge < -0.3 is 10.8 Å². The van der Waals surface area contributed by atoms with Crippen LogP contribution in [-0.2, 0) is 10.1 Å². The van der Waals surface area contributed by atoms with Gasteiger partial charge in [0.25, 0.3) is 10.1 Å². The molecule has 0 aliphatic rings. The summed E-state index contributed by atoms with van der Waals surface area (Å²) in [6.45, 7) is -0.0745. The Balaban J connectivity index is 4.11. The van der Waals surface area contributed by atoms with Gasteiger partial charge in [0.2, 0.25) is 0 Å². The van der Waals surface area contributed by atoms with Crippen molar-refractivity contribution in [3.05, 3.63) is 0 Å². The number of aliphatic hydroxyl groups excluding tert-OH is 1. The molecule has 0 aliphatic carbocycles. The summed E-state index contributed by atoms with van der Waals surface area (Å²) < 4.78 is 29.5. The normalized spacial score (nSPS) is 14.8. The molecule has 0 spiro atoms. The fourth-order valence-electron chi connectivity index (χ4n) is 0.772. The number of aliphatic hydroxyl groups is 1. The standard InChI is InChI=1S/C5H13NO4S/c6-3-1-5(2-4-7)11(8,9)10/h5,7H,1-4,6H2,(H,8,9,10). The maximum absolute atomic E-state index is 10.5. The molecule has 0 heterocycles. The zero-order valence-corrected chi connectivity index (χ0v) is 6.92. The van der Waals surface area contributed by atoms with E-state index in [1.54, 1.807) is 0 Å². The highest BCUT2D eigenvalue weighted by Crippen LogP contribution is 2.06. The van der Waals surface area contributed by atoms with Crippen LogP contribution in [-0.4, -0.2) is 36.5 Å². The second-order valence-corrected chi connectivity index (χ2v) is 3.92. The second kappa shape index (κ2) is 4.66. The molecule has 0 amide bonds. The van der Waals surface area contributed by atoms with Crippen molar-refractivity contribution in [2.45, 2.75) is 18.1 Å². The molecule has 0 saturated carbocycles. The maximum Gasteiger partial charge on any atom is 0.267 e. The third-order valence-electron chi connectivity index (χ3n) is 1.36. The lowest BCUT2D eigenvalue weighted by atomic mass is 10.2. The number of rotatable bonds is 5. The first-order valence-corrected chi connectivity index (χ1v) is 4.80. The average Bonchev–Trinajstić information content (AvgIpc) is 1.85. The van der Waals surface area contributed by atoms with Crippen LogP contribution in [0, 0.1) is 0 Å². The first-order valence-electron chi connectivity index (χ1n) is 3.29. The van der Waals surface area contributed by atoms with Crippen LogP contribution in [0.2, 0.25) is 0 Å². The Kier molecular flexibility index (Phi) is 4.58. The van der Waals surface area contributed by atoms with Gasteiger partial charge in [-0.15, -0.1) is 0 Å². The van der Waals surface area contributed by atoms with Gasteiger partial charge >= 0.3 is 0 Å². The number of hydrogen-bond acceptors (Lipinski definition) is 4. The fraction of sp³-hybridized carbons (Fsp3) is 1.00. The van der Waals surface area contributed by atoms with Crippen LogP contribution >= 0.6 is 0 Å². The number of nitrogens with two attached hydrogens (primary N) is 1. The summed E-state index contributed by atoms with van der Waals surface area (Å²) in [5, 5.41) is 7.49. The van der Waals surface area contributed by atoms with Crippen molar-refractivity contribution in [2.24, 2.45) is 5.73 Å². The summed E-state index contributed by atoms with van der Waals surface area (Å²) >= 11 is 0. The van der Waals surface area contributed by atoms with Crippen molar-refractivity contribution < 1.29 is 18.1 Å². The minimum Gasteiger partial charge on any atom is -0.396 e. The fourth-order valence-corrected chi connectivity index (χ4v) is 1.61. The maximum atomic E-state index is 10.5. The first kappa shape index (κ1) is 10.8.